The van der Waals surface area contributed by atoms with Gasteiger partial charge < -0.3 is 22.1 Å². The molecule has 0 saturated carbocycles. The van der Waals surface area contributed by atoms with Crippen molar-refractivity contribution in [3.8, 4) is 0 Å². The first-order chi connectivity index (χ1) is 10.4. The van der Waals surface area contributed by atoms with E-state index in [-0.39, 0.29) is 15.7 Å². The van der Waals surface area contributed by atoms with Crippen LogP contribution in [0.15, 0.2) is 36.4 Å². The van der Waals surface area contributed by atoms with Gasteiger partial charge in [0.2, 0.25) is 0 Å². The number of halogens is 2. The van der Waals surface area contributed by atoms with Crippen LogP contribution in [0.3, 0.4) is 0 Å². The molecule has 8 heteroatoms. The highest BCUT2D eigenvalue weighted by Crippen LogP contribution is 2.24. The van der Waals surface area contributed by atoms with Crippen LogP contribution in [0, 0.1) is 0 Å². The third kappa shape index (κ3) is 3.81. The van der Waals surface area contributed by atoms with E-state index in [0.717, 1.165) is 0 Å². The summed E-state index contributed by atoms with van der Waals surface area (Å²) in [4.78, 5) is 23.7. The third-order valence-electron chi connectivity index (χ3n) is 2.71. The number of nitrogen functional groups attached to an aromatic ring is 2. The SMILES string of the molecule is Nc1ccc(NC(=O)C(=O)Nc2ccc(N)c(Cl)c2)c(Cl)c1. The molecule has 0 aliphatic heterocycles. The Bertz CT molecular complexity index is 750. The molecule has 114 valence electrons. The highest BCUT2D eigenvalue weighted by Gasteiger charge is 2.15. The van der Waals surface area contributed by atoms with Gasteiger partial charge >= 0.3 is 11.8 Å². The van der Waals surface area contributed by atoms with Crippen LogP contribution in [-0.2, 0) is 9.59 Å². The van der Waals surface area contributed by atoms with Gasteiger partial charge in [-0.25, -0.2) is 0 Å². The van der Waals surface area contributed by atoms with E-state index in [4.69, 9.17) is 34.7 Å². The lowest BCUT2D eigenvalue weighted by Gasteiger charge is -2.09. The minimum atomic E-state index is -0.875. The van der Waals surface area contributed by atoms with Crippen LogP contribution in [0.1, 0.15) is 0 Å². The summed E-state index contributed by atoms with van der Waals surface area (Å²) in [6, 6.07) is 9.02. The van der Waals surface area contributed by atoms with Crippen molar-refractivity contribution in [3.63, 3.8) is 0 Å². The third-order valence-corrected chi connectivity index (χ3v) is 3.35. The lowest BCUT2D eigenvalue weighted by Crippen LogP contribution is -2.29. The average Bonchev–Trinajstić information content (AvgIpc) is 2.45. The quantitative estimate of drug-likeness (QED) is 0.498. The predicted octanol–water partition coefficient (Wildman–Crippen LogP) is 2.74. The number of benzene rings is 2. The van der Waals surface area contributed by atoms with Gasteiger partial charge in [0.05, 0.1) is 21.4 Å². The van der Waals surface area contributed by atoms with Crippen LogP contribution >= 0.6 is 23.2 Å². The van der Waals surface area contributed by atoms with Crippen molar-refractivity contribution in [1.29, 1.82) is 0 Å². The highest BCUT2D eigenvalue weighted by atomic mass is 35.5. The van der Waals surface area contributed by atoms with E-state index >= 15 is 0 Å². The fourth-order valence-corrected chi connectivity index (χ4v) is 2.02. The Morgan fingerprint density at radius 3 is 2.18 bits per heavy atom. The summed E-state index contributed by atoms with van der Waals surface area (Å²) < 4.78 is 0. The summed E-state index contributed by atoms with van der Waals surface area (Å²) in [6.45, 7) is 0. The van der Waals surface area contributed by atoms with Gasteiger partial charge in [-0.15, -0.1) is 0 Å². The van der Waals surface area contributed by atoms with Crippen molar-refractivity contribution < 1.29 is 9.59 Å². The molecule has 22 heavy (non-hydrogen) atoms. The van der Waals surface area contributed by atoms with Crippen LogP contribution in [0.2, 0.25) is 10.0 Å². The Morgan fingerprint density at radius 2 is 1.55 bits per heavy atom. The Hall–Kier alpha value is -2.44. The Balaban J connectivity index is 2.05. The minimum absolute atomic E-state index is 0.233. The predicted molar refractivity (Wildman–Crippen MR) is 89.0 cm³/mol. The monoisotopic (exact) mass is 338 g/mol. The van der Waals surface area contributed by atoms with Gasteiger partial charge in [0, 0.05) is 11.4 Å². The van der Waals surface area contributed by atoms with Crippen molar-refractivity contribution in [2.75, 3.05) is 22.1 Å². The smallest absolute Gasteiger partial charge is 0.314 e. The number of carbonyl (C=O) groups is 2. The van der Waals surface area contributed by atoms with Crippen molar-refractivity contribution in [2.45, 2.75) is 0 Å². The van der Waals surface area contributed by atoms with E-state index in [2.05, 4.69) is 10.6 Å². The lowest BCUT2D eigenvalue weighted by molar-refractivity contribution is -0.132. The molecule has 0 aliphatic carbocycles. The average molecular weight is 339 g/mol. The maximum absolute atomic E-state index is 11.8. The Kier molecular flexibility index (Phi) is 4.75. The number of rotatable bonds is 2. The van der Waals surface area contributed by atoms with Gasteiger partial charge in [0.15, 0.2) is 0 Å². The molecule has 0 bridgehead atoms. The van der Waals surface area contributed by atoms with Crippen LogP contribution in [0.25, 0.3) is 0 Å². The molecule has 0 radical (unpaired) electrons. The zero-order chi connectivity index (χ0) is 16.3. The molecule has 2 amide bonds. The Morgan fingerprint density at radius 1 is 0.864 bits per heavy atom. The highest BCUT2D eigenvalue weighted by molar-refractivity contribution is 6.45. The molecule has 0 saturated heterocycles. The molecule has 0 atom stereocenters. The summed E-state index contributed by atoms with van der Waals surface area (Å²) in [5, 5.41) is 5.30. The maximum atomic E-state index is 11.8. The topological polar surface area (TPSA) is 110 Å². The van der Waals surface area contributed by atoms with E-state index < -0.39 is 11.8 Å². The second kappa shape index (κ2) is 6.55. The van der Waals surface area contributed by atoms with E-state index in [1.807, 2.05) is 0 Å². The molecule has 2 rings (SSSR count). The number of amides is 2. The molecular formula is C14H12Cl2N4O2. The van der Waals surface area contributed by atoms with Crippen molar-refractivity contribution in [2.24, 2.45) is 0 Å². The molecule has 0 heterocycles. The number of carbonyl (C=O) groups excluding carboxylic acids is 2. The molecule has 0 aliphatic rings. The summed E-state index contributed by atoms with van der Waals surface area (Å²) in [7, 11) is 0. The summed E-state index contributed by atoms with van der Waals surface area (Å²) >= 11 is 11.8. The maximum Gasteiger partial charge on any atom is 0.314 e. The minimum Gasteiger partial charge on any atom is -0.399 e. The number of hydrogen-bond donors (Lipinski definition) is 4. The second-order valence-electron chi connectivity index (χ2n) is 4.38. The molecule has 2 aromatic rings. The van der Waals surface area contributed by atoms with Gasteiger partial charge in [-0.1, -0.05) is 23.2 Å². The number of nitrogens with one attached hydrogen (secondary N) is 2. The first-order valence-electron chi connectivity index (χ1n) is 6.09. The van der Waals surface area contributed by atoms with Gasteiger partial charge in [-0.3, -0.25) is 9.59 Å². The van der Waals surface area contributed by atoms with Crippen molar-refractivity contribution in [1.82, 2.24) is 0 Å². The first-order valence-corrected chi connectivity index (χ1v) is 6.85. The van der Waals surface area contributed by atoms with Crippen LogP contribution in [0.5, 0.6) is 0 Å². The fraction of sp³-hybridized carbons (Fsp3) is 0. The zero-order valence-corrected chi connectivity index (χ0v) is 12.7. The first kappa shape index (κ1) is 15.9. The molecule has 0 unspecified atom stereocenters. The lowest BCUT2D eigenvalue weighted by atomic mass is 10.2. The van der Waals surface area contributed by atoms with E-state index in [1.54, 1.807) is 6.07 Å². The van der Waals surface area contributed by atoms with Gasteiger partial charge in [0.25, 0.3) is 0 Å². The molecule has 2 aromatic carbocycles. The molecule has 6 nitrogen and oxygen atoms in total. The summed E-state index contributed by atoms with van der Waals surface area (Å²) in [5.41, 5.74) is 12.6. The Labute approximate surface area is 136 Å². The van der Waals surface area contributed by atoms with E-state index in [1.165, 1.54) is 30.3 Å². The van der Waals surface area contributed by atoms with E-state index in [0.29, 0.717) is 17.1 Å². The largest absolute Gasteiger partial charge is 0.399 e. The van der Waals surface area contributed by atoms with E-state index in [9.17, 15) is 9.59 Å². The molecule has 0 aromatic heterocycles. The number of hydrogen-bond acceptors (Lipinski definition) is 4. The standard InChI is InChI=1S/C14H12Cl2N4O2/c15-9-6-8(2-3-11(9)18)19-13(21)14(22)20-12-4-1-7(17)5-10(12)16/h1-6H,17-18H2,(H,19,21)(H,20,22). The van der Waals surface area contributed by atoms with Crippen LogP contribution in [0.4, 0.5) is 22.7 Å². The molecule has 0 fully saturated rings. The van der Waals surface area contributed by atoms with Crippen LogP contribution in [-0.4, -0.2) is 11.8 Å². The summed E-state index contributed by atoms with van der Waals surface area (Å²) in [5.74, 6) is -1.74. The molecular weight excluding hydrogens is 327 g/mol. The van der Waals surface area contributed by atoms with Gasteiger partial charge in [-0.05, 0) is 36.4 Å². The fourth-order valence-electron chi connectivity index (χ4n) is 1.60. The second-order valence-corrected chi connectivity index (χ2v) is 5.20. The zero-order valence-electron chi connectivity index (χ0n) is 11.2. The van der Waals surface area contributed by atoms with Gasteiger partial charge in [0.1, 0.15) is 0 Å². The van der Waals surface area contributed by atoms with Crippen molar-refractivity contribution in [3.05, 3.63) is 46.4 Å². The molecule has 0 spiro atoms. The van der Waals surface area contributed by atoms with Crippen molar-refractivity contribution >= 4 is 57.8 Å². The van der Waals surface area contributed by atoms with Crippen LogP contribution < -0.4 is 22.1 Å². The normalized spacial score (nSPS) is 10.1. The number of anilines is 4. The summed E-state index contributed by atoms with van der Waals surface area (Å²) in [6.07, 6.45) is 0. The van der Waals surface area contributed by atoms with Gasteiger partial charge in [-0.2, -0.15) is 0 Å². The molecule has 6 N–H and O–H groups in total. The number of nitrogens with two attached hydrogens (primary N) is 2.